The van der Waals surface area contributed by atoms with Gasteiger partial charge in [0.2, 0.25) is 0 Å². The van der Waals surface area contributed by atoms with Crippen LogP contribution in [0.3, 0.4) is 0 Å². The summed E-state index contributed by atoms with van der Waals surface area (Å²) in [5.41, 5.74) is 0.745. The van der Waals surface area contributed by atoms with Crippen LogP contribution >= 0.6 is 15.9 Å². The molecule has 0 radical (unpaired) electrons. The van der Waals surface area contributed by atoms with E-state index >= 15 is 0 Å². The molecule has 0 unspecified atom stereocenters. The van der Waals surface area contributed by atoms with Gasteiger partial charge in [-0.2, -0.15) is 0 Å². The average Bonchev–Trinajstić information content (AvgIpc) is 2.92. The van der Waals surface area contributed by atoms with Crippen LogP contribution in [-0.4, -0.2) is 50.8 Å². The lowest BCUT2D eigenvalue weighted by Crippen LogP contribution is -2.29. The number of halogens is 1. The van der Waals surface area contributed by atoms with Crippen molar-refractivity contribution in [1.82, 2.24) is 4.90 Å². The van der Waals surface area contributed by atoms with Gasteiger partial charge in [-0.15, -0.1) is 0 Å². The summed E-state index contributed by atoms with van der Waals surface area (Å²) < 4.78 is 11.5. The third kappa shape index (κ3) is 4.30. The third-order valence-electron chi connectivity index (χ3n) is 3.45. The van der Waals surface area contributed by atoms with Gasteiger partial charge in [0, 0.05) is 36.2 Å². The molecule has 0 aliphatic carbocycles. The first kappa shape index (κ1) is 15.5. The maximum Gasteiger partial charge on any atom is 0.253 e. The quantitative estimate of drug-likeness (QED) is 0.746. The van der Waals surface area contributed by atoms with E-state index in [1.54, 1.807) is 7.11 Å². The Morgan fingerprint density at radius 2 is 2.10 bits per heavy atom. The first-order chi connectivity index (χ1) is 9.70. The summed E-state index contributed by atoms with van der Waals surface area (Å²) in [6.45, 7) is 3.53. The van der Waals surface area contributed by atoms with Crippen LogP contribution < -0.4 is 0 Å². The fourth-order valence-corrected chi connectivity index (χ4v) is 2.58. The zero-order valence-corrected chi connectivity index (χ0v) is 13.3. The number of methoxy groups -OCH3 is 1. The summed E-state index contributed by atoms with van der Waals surface area (Å²) in [6, 6.07) is 7.51. The molecule has 1 fully saturated rings. The van der Waals surface area contributed by atoms with Crippen LogP contribution in [0, 0.1) is 5.92 Å². The van der Waals surface area contributed by atoms with Crippen LogP contribution in [0.4, 0.5) is 0 Å². The number of amides is 1. The molecule has 1 atom stereocenters. The Balaban J connectivity index is 1.80. The van der Waals surface area contributed by atoms with Gasteiger partial charge in [-0.3, -0.25) is 4.79 Å². The SMILES string of the molecule is COCCOC[C@@H]1CCN(C(=O)c2ccc(Br)cc2)C1. The predicted molar refractivity (Wildman–Crippen MR) is 80.8 cm³/mol. The molecule has 0 bridgehead atoms. The second kappa shape index (κ2) is 7.76. The van der Waals surface area contributed by atoms with E-state index in [4.69, 9.17) is 9.47 Å². The highest BCUT2D eigenvalue weighted by atomic mass is 79.9. The van der Waals surface area contributed by atoms with Crippen LogP contribution in [0.5, 0.6) is 0 Å². The molecule has 110 valence electrons. The van der Waals surface area contributed by atoms with Crippen molar-refractivity contribution in [3.63, 3.8) is 0 Å². The van der Waals surface area contributed by atoms with E-state index in [1.807, 2.05) is 29.2 Å². The van der Waals surface area contributed by atoms with Crippen molar-refractivity contribution in [2.24, 2.45) is 5.92 Å². The molecule has 20 heavy (non-hydrogen) atoms. The Morgan fingerprint density at radius 1 is 1.35 bits per heavy atom. The first-order valence-electron chi connectivity index (χ1n) is 6.82. The molecule has 1 amide bonds. The van der Waals surface area contributed by atoms with E-state index in [0.717, 1.165) is 29.5 Å². The Kier molecular flexibility index (Phi) is 6.01. The Hall–Kier alpha value is -0.910. The topological polar surface area (TPSA) is 38.8 Å². The normalized spacial score (nSPS) is 18.5. The van der Waals surface area contributed by atoms with Gasteiger partial charge in [0.15, 0.2) is 0 Å². The molecule has 1 aromatic rings. The minimum atomic E-state index is 0.108. The van der Waals surface area contributed by atoms with Crippen LogP contribution in [0.2, 0.25) is 0 Å². The lowest BCUT2D eigenvalue weighted by Gasteiger charge is -2.16. The highest BCUT2D eigenvalue weighted by Crippen LogP contribution is 2.20. The second-order valence-corrected chi connectivity index (χ2v) is 5.90. The molecular formula is C15H20BrNO3. The number of carbonyl (C=O) groups excluding carboxylic acids is 1. The number of hydrogen-bond donors (Lipinski definition) is 0. The molecule has 1 saturated heterocycles. The fourth-order valence-electron chi connectivity index (χ4n) is 2.32. The van der Waals surface area contributed by atoms with Gasteiger partial charge >= 0.3 is 0 Å². The maximum absolute atomic E-state index is 12.3. The van der Waals surface area contributed by atoms with Crippen molar-refractivity contribution in [3.8, 4) is 0 Å². The first-order valence-corrected chi connectivity index (χ1v) is 7.61. The molecule has 1 aliphatic heterocycles. The van der Waals surface area contributed by atoms with Gasteiger partial charge in [-0.1, -0.05) is 15.9 Å². The zero-order valence-electron chi connectivity index (χ0n) is 11.7. The largest absolute Gasteiger partial charge is 0.382 e. The maximum atomic E-state index is 12.3. The van der Waals surface area contributed by atoms with Gasteiger partial charge < -0.3 is 14.4 Å². The van der Waals surface area contributed by atoms with Crippen molar-refractivity contribution >= 4 is 21.8 Å². The third-order valence-corrected chi connectivity index (χ3v) is 3.98. The summed E-state index contributed by atoms with van der Waals surface area (Å²) in [5, 5.41) is 0. The van der Waals surface area contributed by atoms with Crippen LogP contribution in [0.25, 0.3) is 0 Å². The number of rotatable bonds is 6. The predicted octanol–water partition coefficient (Wildman–Crippen LogP) is 2.57. The van der Waals surface area contributed by atoms with Crippen molar-refractivity contribution in [2.75, 3.05) is 40.0 Å². The van der Waals surface area contributed by atoms with E-state index in [-0.39, 0.29) is 5.91 Å². The highest BCUT2D eigenvalue weighted by Gasteiger charge is 2.26. The Labute approximate surface area is 128 Å². The molecule has 0 aromatic heterocycles. The summed E-state index contributed by atoms with van der Waals surface area (Å²) in [4.78, 5) is 14.2. The molecule has 0 saturated carbocycles. The summed E-state index contributed by atoms with van der Waals surface area (Å²) in [6.07, 6.45) is 1.01. The Morgan fingerprint density at radius 3 is 2.80 bits per heavy atom. The number of nitrogens with zero attached hydrogens (tertiary/aromatic N) is 1. The van der Waals surface area contributed by atoms with Gasteiger partial charge in [0.1, 0.15) is 0 Å². The molecule has 5 heteroatoms. The number of ether oxygens (including phenoxy) is 2. The van der Waals surface area contributed by atoms with E-state index in [9.17, 15) is 4.79 Å². The van der Waals surface area contributed by atoms with Crippen LogP contribution in [0.15, 0.2) is 28.7 Å². The van der Waals surface area contributed by atoms with Gasteiger partial charge in [0.25, 0.3) is 5.91 Å². The molecular weight excluding hydrogens is 322 g/mol. The lowest BCUT2D eigenvalue weighted by atomic mass is 10.1. The van der Waals surface area contributed by atoms with Crippen molar-refractivity contribution in [2.45, 2.75) is 6.42 Å². The monoisotopic (exact) mass is 341 g/mol. The summed E-state index contributed by atoms with van der Waals surface area (Å²) >= 11 is 3.38. The van der Waals surface area contributed by atoms with Crippen molar-refractivity contribution in [1.29, 1.82) is 0 Å². The van der Waals surface area contributed by atoms with Crippen molar-refractivity contribution < 1.29 is 14.3 Å². The number of hydrogen-bond acceptors (Lipinski definition) is 3. The van der Waals surface area contributed by atoms with Crippen LogP contribution in [-0.2, 0) is 9.47 Å². The van der Waals surface area contributed by atoms with Crippen molar-refractivity contribution in [3.05, 3.63) is 34.3 Å². The van der Waals surface area contributed by atoms with Crippen LogP contribution in [0.1, 0.15) is 16.8 Å². The molecule has 0 N–H and O–H groups in total. The minimum Gasteiger partial charge on any atom is -0.382 e. The lowest BCUT2D eigenvalue weighted by molar-refractivity contribution is 0.0515. The fraction of sp³-hybridized carbons (Fsp3) is 0.533. The standard InChI is InChI=1S/C15H20BrNO3/c1-19-8-9-20-11-12-6-7-17(10-12)15(18)13-2-4-14(16)5-3-13/h2-5,12H,6-11H2,1H3/t12-/m1/s1. The molecule has 1 aromatic carbocycles. The second-order valence-electron chi connectivity index (χ2n) is 4.98. The summed E-state index contributed by atoms with van der Waals surface area (Å²) in [5.74, 6) is 0.545. The van der Waals surface area contributed by atoms with Gasteiger partial charge in [-0.05, 0) is 30.7 Å². The van der Waals surface area contributed by atoms with E-state index < -0.39 is 0 Å². The molecule has 1 heterocycles. The minimum absolute atomic E-state index is 0.108. The molecule has 2 rings (SSSR count). The van der Waals surface area contributed by atoms with E-state index in [2.05, 4.69) is 15.9 Å². The highest BCUT2D eigenvalue weighted by molar-refractivity contribution is 9.10. The Bertz CT molecular complexity index is 435. The molecule has 0 spiro atoms. The van der Waals surface area contributed by atoms with E-state index in [1.165, 1.54) is 0 Å². The number of likely N-dealkylation sites (tertiary alicyclic amines) is 1. The molecule has 1 aliphatic rings. The number of benzene rings is 1. The molecule has 4 nitrogen and oxygen atoms in total. The van der Waals surface area contributed by atoms with Gasteiger partial charge in [0.05, 0.1) is 19.8 Å². The van der Waals surface area contributed by atoms with Gasteiger partial charge in [-0.25, -0.2) is 0 Å². The number of carbonyl (C=O) groups is 1. The smallest absolute Gasteiger partial charge is 0.253 e. The summed E-state index contributed by atoms with van der Waals surface area (Å²) in [7, 11) is 1.66. The van der Waals surface area contributed by atoms with E-state index in [0.29, 0.717) is 25.7 Å². The zero-order chi connectivity index (χ0) is 14.4. The average molecular weight is 342 g/mol.